The molecular weight excluding hydrogens is 377 g/mol. The van der Waals surface area contributed by atoms with Gasteiger partial charge in [-0.2, -0.15) is 0 Å². The van der Waals surface area contributed by atoms with Crippen molar-refractivity contribution in [3.63, 3.8) is 0 Å². The second-order valence-electron chi connectivity index (χ2n) is 7.17. The van der Waals surface area contributed by atoms with Gasteiger partial charge in [-0.1, -0.05) is 15.9 Å². The molecular formula is C16H18BrF3O3. The molecule has 0 radical (unpaired) electrons. The molecule has 0 aromatic heterocycles. The Morgan fingerprint density at radius 2 is 1.87 bits per heavy atom. The molecule has 2 fully saturated rings. The van der Waals surface area contributed by atoms with Crippen molar-refractivity contribution in [1.29, 1.82) is 0 Å². The number of hydrogen-bond acceptors (Lipinski definition) is 3. The fraction of sp³-hybridized carbons (Fsp3) is 0.625. The van der Waals surface area contributed by atoms with E-state index in [0.29, 0.717) is 16.5 Å². The van der Waals surface area contributed by atoms with Gasteiger partial charge in [-0.05, 0) is 45.9 Å². The minimum absolute atomic E-state index is 0.233. The summed E-state index contributed by atoms with van der Waals surface area (Å²) < 4.78 is 54.7. The van der Waals surface area contributed by atoms with E-state index >= 15 is 0 Å². The van der Waals surface area contributed by atoms with Crippen LogP contribution in [-0.4, -0.2) is 23.2 Å². The number of hydrogen-bond donors (Lipinski definition) is 0. The molecule has 0 saturated carbocycles. The third kappa shape index (κ3) is 2.98. The number of rotatable bonds is 2. The summed E-state index contributed by atoms with van der Waals surface area (Å²) in [7, 11) is 0. The van der Waals surface area contributed by atoms with Crippen LogP contribution in [0.1, 0.15) is 45.8 Å². The Kier molecular flexibility index (Phi) is 3.60. The van der Waals surface area contributed by atoms with Gasteiger partial charge in [0.05, 0.1) is 11.2 Å². The molecule has 7 heteroatoms. The first kappa shape index (κ1) is 17.0. The maximum absolute atomic E-state index is 12.7. The van der Waals surface area contributed by atoms with E-state index in [0.717, 1.165) is 0 Å². The molecule has 2 heterocycles. The Labute approximate surface area is 141 Å². The molecule has 2 unspecified atom stereocenters. The van der Waals surface area contributed by atoms with Crippen LogP contribution < -0.4 is 4.74 Å². The predicted octanol–water partition coefficient (Wildman–Crippen LogP) is 5.14. The summed E-state index contributed by atoms with van der Waals surface area (Å²) in [4.78, 5) is 0. The van der Waals surface area contributed by atoms with Crippen molar-refractivity contribution < 1.29 is 27.4 Å². The van der Waals surface area contributed by atoms with Gasteiger partial charge in [0.1, 0.15) is 17.5 Å². The van der Waals surface area contributed by atoms with Crippen LogP contribution in [0.5, 0.6) is 5.75 Å². The third-order valence-corrected chi connectivity index (χ3v) is 4.91. The van der Waals surface area contributed by atoms with Crippen LogP contribution in [-0.2, 0) is 9.47 Å². The zero-order chi connectivity index (χ0) is 17.3. The lowest BCUT2D eigenvalue weighted by Crippen LogP contribution is -2.36. The summed E-state index contributed by atoms with van der Waals surface area (Å²) in [6.07, 6.45) is -4.63. The first-order valence-electron chi connectivity index (χ1n) is 7.28. The van der Waals surface area contributed by atoms with E-state index in [-0.39, 0.29) is 5.75 Å². The lowest BCUT2D eigenvalue weighted by atomic mass is 9.82. The quantitative estimate of drug-likeness (QED) is 0.651. The number of ether oxygens (including phenoxy) is 3. The zero-order valence-electron chi connectivity index (χ0n) is 13.3. The van der Waals surface area contributed by atoms with Crippen molar-refractivity contribution in [1.82, 2.24) is 0 Å². The molecule has 2 saturated heterocycles. The maximum Gasteiger partial charge on any atom is 0.573 e. The maximum atomic E-state index is 12.7. The molecule has 2 aliphatic heterocycles. The summed E-state index contributed by atoms with van der Waals surface area (Å²) >= 11 is 3.30. The largest absolute Gasteiger partial charge is 0.573 e. The molecule has 0 bridgehead atoms. The van der Waals surface area contributed by atoms with Gasteiger partial charge in [0.15, 0.2) is 0 Å². The van der Waals surface area contributed by atoms with Gasteiger partial charge in [-0.3, -0.25) is 0 Å². The average Bonchev–Trinajstić information content (AvgIpc) is 2.98. The Morgan fingerprint density at radius 3 is 2.39 bits per heavy atom. The topological polar surface area (TPSA) is 31.0 Å². The summed E-state index contributed by atoms with van der Waals surface area (Å²) in [6, 6.07) is 4.43. The fourth-order valence-corrected chi connectivity index (χ4v) is 4.06. The highest BCUT2D eigenvalue weighted by Gasteiger charge is 2.73. The molecule has 2 aliphatic rings. The van der Waals surface area contributed by atoms with E-state index < -0.39 is 29.3 Å². The van der Waals surface area contributed by atoms with Gasteiger partial charge < -0.3 is 14.2 Å². The van der Waals surface area contributed by atoms with Crippen molar-refractivity contribution >= 4 is 15.9 Å². The lowest BCUT2D eigenvalue weighted by Gasteiger charge is -2.25. The number of epoxide rings is 1. The van der Waals surface area contributed by atoms with Crippen molar-refractivity contribution in [2.45, 2.75) is 63.4 Å². The Morgan fingerprint density at radius 1 is 1.22 bits per heavy atom. The normalized spacial score (nSPS) is 31.4. The van der Waals surface area contributed by atoms with E-state index in [1.807, 2.05) is 27.7 Å². The van der Waals surface area contributed by atoms with Gasteiger partial charge in [0.2, 0.25) is 0 Å². The van der Waals surface area contributed by atoms with E-state index in [2.05, 4.69) is 20.7 Å². The summed E-state index contributed by atoms with van der Waals surface area (Å²) in [5.74, 6) is -0.233. The van der Waals surface area contributed by atoms with Gasteiger partial charge in [0, 0.05) is 16.5 Å². The van der Waals surface area contributed by atoms with E-state index in [9.17, 15) is 13.2 Å². The van der Waals surface area contributed by atoms with Crippen LogP contribution >= 0.6 is 15.9 Å². The number of benzene rings is 1. The second kappa shape index (κ2) is 4.86. The molecule has 0 N–H and O–H groups in total. The molecule has 0 aliphatic carbocycles. The third-order valence-electron chi connectivity index (χ3n) is 4.41. The SMILES string of the molecule is CC1(C)CC2(OC2c2cc(Br)ccc2OC(F)(F)F)C(C)(C)O1. The van der Waals surface area contributed by atoms with E-state index in [1.54, 1.807) is 6.07 Å². The molecule has 1 aromatic carbocycles. The first-order valence-corrected chi connectivity index (χ1v) is 8.08. The van der Waals surface area contributed by atoms with Crippen LogP contribution in [0, 0.1) is 0 Å². The average molecular weight is 395 g/mol. The summed E-state index contributed by atoms with van der Waals surface area (Å²) in [5, 5.41) is 0. The molecule has 128 valence electrons. The smallest absolute Gasteiger partial charge is 0.405 e. The van der Waals surface area contributed by atoms with Gasteiger partial charge in [-0.15, -0.1) is 13.2 Å². The van der Waals surface area contributed by atoms with Crippen LogP contribution in [0.3, 0.4) is 0 Å². The monoisotopic (exact) mass is 394 g/mol. The Balaban J connectivity index is 1.97. The minimum Gasteiger partial charge on any atom is -0.405 e. The standard InChI is InChI=1S/C16H18BrF3O3/c1-13(2)8-15(14(3,4)23-13)12(22-15)10-7-9(17)5-6-11(10)21-16(18,19)20/h5-7,12H,8H2,1-4H3. The van der Waals surface area contributed by atoms with E-state index in [4.69, 9.17) is 9.47 Å². The van der Waals surface area contributed by atoms with Gasteiger partial charge in [-0.25, -0.2) is 0 Å². The molecule has 2 atom stereocenters. The zero-order valence-corrected chi connectivity index (χ0v) is 14.8. The molecule has 3 rings (SSSR count). The molecule has 23 heavy (non-hydrogen) atoms. The van der Waals surface area contributed by atoms with E-state index in [1.165, 1.54) is 12.1 Å². The van der Waals surface area contributed by atoms with Crippen LogP contribution in [0.2, 0.25) is 0 Å². The number of alkyl halides is 3. The highest BCUT2D eigenvalue weighted by atomic mass is 79.9. The van der Waals surface area contributed by atoms with Gasteiger partial charge in [0.25, 0.3) is 0 Å². The van der Waals surface area contributed by atoms with Crippen molar-refractivity contribution in [3.05, 3.63) is 28.2 Å². The van der Waals surface area contributed by atoms with Gasteiger partial charge >= 0.3 is 6.36 Å². The molecule has 1 aromatic rings. The van der Waals surface area contributed by atoms with Crippen molar-refractivity contribution in [2.75, 3.05) is 0 Å². The van der Waals surface area contributed by atoms with Crippen molar-refractivity contribution in [2.24, 2.45) is 0 Å². The minimum atomic E-state index is -4.74. The fourth-order valence-electron chi connectivity index (χ4n) is 3.68. The van der Waals surface area contributed by atoms with Crippen LogP contribution in [0.25, 0.3) is 0 Å². The predicted molar refractivity (Wildman–Crippen MR) is 81.2 cm³/mol. The number of halogens is 4. The molecule has 3 nitrogen and oxygen atoms in total. The molecule has 0 amide bonds. The Hall–Kier alpha value is -0.790. The lowest BCUT2D eigenvalue weighted by molar-refractivity contribution is -0.275. The highest BCUT2D eigenvalue weighted by molar-refractivity contribution is 9.10. The summed E-state index contributed by atoms with van der Waals surface area (Å²) in [6.45, 7) is 7.72. The second-order valence-corrected chi connectivity index (χ2v) is 8.08. The highest BCUT2D eigenvalue weighted by Crippen LogP contribution is 2.66. The first-order chi connectivity index (χ1) is 10.4. The van der Waals surface area contributed by atoms with Crippen LogP contribution in [0.4, 0.5) is 13.2 Å². The molecule has 1 spiro atoms. The summed E-state index contributed by atoms with van der Waals surface area (Å²) in [5.41, 5.74) is -1.25. The van der Waals surface area contributed by atoms with Crippen molar-refractivity contribution in [3.8, 4) is 5.75 Å². The Bertz CT molecular complexity index is 642. The van der Waals surface area contributed by atoms with Crippen LogP contribution in [0.15, 0.2) is 22.7 Å².